The third-order valence-electron chi connectivity index (χ3n) is 3.52. The molecular formula is C20H26N2O2S. The van der Waals surface area contributed by atoms with Crippen LogP contribution < -0.4 is 10.1 Å². The third-order valence-corrected chi connectivity index (χ3v) is 4.53. The van der Waals surface area contributed by atoms with Crippen molar-refractivity contribution in [2.24, 2.45) is 0 Å². The van der Waals surface area contributed by atoms with E-state index in [9.17, 15) is 4.79 Å². The molecule has 0 fully saturated rings. The van der Waals surface area contributed by atoms with E-state index in [1.807, 2.05) is 31.2 Å². The molecule has 2 rings (SSSR count). The van der Waals surface area contributed by atoms with Crippen LogP contribution in [0.15, 0.2) is 53.4 Å². The summed E-state index contributed by atoms with van der Waals surface area (Å²) in [5, 5.41) is 2.97. The fourth-order valence-electron chi connectivity index (χ4n) is 2.33. The number of nitrogens with zero attached hydrogens (tertiary/aromatic N) is 1. The quantitative estimate of drug-likeness (QED) is 0.696. The monoisotopic (exact) mass is 358 g/mol. The van der Waals surface area contributed by atoms with Gasteiger partial charge < -0.3 is 15.0 Å². The van der Waals surface area contributed by atoms with Gasteiger partial charge in [-0.25, -0.2) is 0 Å². The summed E-state index contributed by atoms with van der Waals surface area (Å²) in [5.41, 5.74) is 2.38. The lowest BCUT2D eigenvalue weighted by Gasteiger charge is -2.10. The fourth-order valence-corrected chi connectivity index (χ4v) is 3.06. The Morgan fingerprint density at radius 1 is 1.04 bits per heavy atom. The van der Waals surface area contributed by atoms with Crippen LogP contribution in [0.5, 0.6) is 5.75 Å². The van der Waals surface area contributed by atoms with E-state index in [1.165, 1.54) is 17.3 Å². The molecule has 0 radical (unpaired) electrons. The van der Waals surface area contributed by atoms with Crippen LogP contribution in [0.4, 0.5) is 0 Å². The Morgan fingerprint density at radius 3 is 2.28 bits per heavy atom. The average Bonchev–Trinajstić information content (AvgIpc) is 2.60. The molecule has 0 saturated carbocycles. The second kappa shape index (κ2) is 10.1. The minimum absolute atomic E-state index is 0.0382. The van der Waals surface area contributed by atoms with Gasteiger partial charge >= 0.3 is 0 Å². The molecule has 1 amide bonds. The summed E-state index contributed by atoms with van der Waals surface area (Å²) in [4.78, 5) is 15.2. The molecule has 0 unspecified atom stereocenters. The van der Waals surface area contributed by atoms with Crippen molar-refractivity contribution in [3.8, 4) is 5.75 Å². The highest BCUT2D eigenvalue weighted by molar-refractivity contribution is 8.00. The number of nitrogens with one attached hydrogen (secondary N) is 1. The van der Waals surface area contributed by atoms with Crippen molar-refractivity contribution in [3.05, 3.63) is 59.7 Å². The van der Waals surface area contributed by atoms with E-state index < -0.39 is 0 Å². The molecule has 0 aliphatic rings. The number of carbonyl (C=O) groups is 1. The summed E-state index contributed by atoms with van der Waals surface area (Å²) < 4.78 is 5.41. The molecule has 25 heavy (non-hydrogen) atoms. The van der Waals surface area contributed by atoms with E-state index in [0.717, 1.165) is 22.8 Å². The Labute approximate surface area is 154 Å². The van der Waals surface area contributed by atoms with Crippen LogP contribution >= 0.6 is 11.8 Å². The normalized spacial score (nSPS) is 10.7. The molecule has 134 valence electrons. The number of hydrogen-bond acceptors (Lipinski definition) is 4. The van der Waals surface area contributed by atoms with Crippen molar-refractivity contribution in [2.45, 2.75) is 24.9 Å². The molecule has 0 aliphatic heterocycles. The summed E-state index contributed by atoms with van der Waals surface area (Å²) in [6.45, 7) is 4.10. The van der Waals surface area contributed by atoms with Gasteiger partial charge in [-0.2, -0.15) is 0 Å². The van der Waals surface area contributed by atoms with Crippen LogP contribution in [-0.2, 0) is 17.9 Å². The summed E-state index contributed by atoms with van der Waals surface area (Å²) in [6, 6.07) is 16.2. The maximum absolute atomic E-state index is 12.0. The first-order chi connectivity index (χ1) is 12.1. The van der Waals surface area contributed by atoms with E-state index >= 15 is 0 Å². The van der Waals surface area contributed by atoms with E-state index in [-0.39, 0.29) is 5.91 Å². The topological polar surface area (TPSA) is 41.6 Å². The Hall–Kier alpha value is -1.98. The van der Waals surface area contributed by atoms with E-state index in [1.54, 1.807) is 0 Å². The molecule has 1 N–H and O–H groups in total. The van der Waals surface area contributed by atoms with Crippen molar-refractivity contribution >= 4 is 17.7 Å². The van der Waals surface area contributed by atoms with Gasteiger partial charge in [0.25, 0.3) is 0 Å². The largest absolute Gasteiger partial charge is 0.494 e. The van der Waals surface area contributed by atoms with Gasteiger partial charge in [-0.15, -0.1) is 11.8 Å². The van der Waals surface area contributed by atoms with Crippen molar-refractivity contribution in [1.29, 1.82) is 0 Å². The third kappa shape index (κ3) is 7.20. The van der Waals surface area contributed by atoms with E-state index in [2.05, 4.69) is 48.6 Å². The zero-order valence-corrected chi connectivity index (χ0v) is 15.9. The highest BCUT2D eigenvalue weighted by Crippen LogP contribution is 2.21. The van der Waals surface area contributed by atoms with Gasteiger partial charge in [-0.05, 0) is 56.4 Å². The van der Waals surface area contributed by atoms with Crippen LogP contribution in [0, 0.1) is 0 Å². The average molecular weight is 359 g/mol. The molecule has 5 heteroatoms. The lowest BCUT2D eigenvalue weighted by Crippen LogP contribution is -2.24. The SMILES string of the molecule is CCOc1ccc(SCC(=O)NCc2ccc(CN(C)C)cc2)cc1. The second-order valence-electron chi connectivity index (χ2n) is 6.02. The number of rotatable bonds is 9. The van der Waals surface area contributed by atoms with E-state index in [0.29, 0.717) is 18.9 Å². The molecule has 0 atom stereocenters. The first-order valence-corrected chi connectivity index (χ1v) is 9.40. The predicted molar refractivity (Wildman–Crippen MR) is 104 cm³/mol. The van der Waals surface area contributed by atoms with Crippen molar-refractivity contribution in [2.75, 3.05) is 26.5 Å². The smallest absolute Gasteiger partial charge is 0.230 e. The van der Waals surface area contributed by atoms with Crippen LogP contribution in [0.3, 0.4) is 0 Å². The fraction of sp³-hybridized carbons (Fsp3) is 0.350. The minimum Gasteiger partial charge on any atom is -0.494 e. The molecule has 0 aliphatic carbocycles. The molecule has 4 nitrogen and oxygen atoms in total. The highest BCUT2D eigenvalue weighted by atomic mass is 32.2. The highest BCUT2D eigenvalue weighted by Gasteiger charge is 2.04. The Kier molecular flexibility index (Phi) is 7.82. The number of thioether (sulfide) groups is 1. The van der Waals surface area contributed by atoms with Gasteiger partial charge in [0.05, 0.1) is 12.4 Å². The summed E-state index contributed by atoms with van der Waals surface area (Å²) in [7, 11) is 4.10. The van der Waals surface area contributed by atoms with Gasteiger partial charge in [-0.3, -0.25) is 4.79 Å². The molecule has 0 spiro atoms. The van der Waals surface area contributed by atoms with Gasteiger partial charge in [0.15, 0.2) is 0 Å². The number of carbonyl (C=O) groups excluding carboxylic acids is 1. The van der Waals surface area contributed by atoms with Crippen LogP contribution in [-0.4, -0.2) is 37.3 Å². The summed E-state index contributed by atoms with van der Waals surface area (Å²) in [6.07, 6.45) is 0. The number of hydrogen-bond donors (Lipinski definition) is 1. The molecular weight excluding hydrogens is 332 g/mol. The van der Waals surface area contributed by atoms with Crippen molar-refractivity contribution in [1.82, 2.24) is 10.2 Å². The maximum atomic E-state index is 12.0. The summed E-state index contributed by atoms with van der Waals surface area (Å²) in [5.74, 6) is 1.30. The molecule has 0 aromatic heterocycles. The molecule has 2 aromatic carbocycles. The zero-order chi connectivity index (χ0) is 18.1. The standard InChI is InChI=1S/C20H26N2O2S/c1-4-24-18-9-11-19(12-10-18)25-15-20(23)21-13-16-5-7-17(8-6-16)14-22(2)3/h5-12H,4,13-15H2,1-3H3,(H,21,23). The summed E-state index contributed by atoms with van der Waals surface area (Å²) >= 11 is 1.53. The second-order valence-corrected chi connectivity index (χ2v) is 7.07. The molecule has 2 aromatic rings. The number of benzene rings is 2. The predicted octanol–water partition coefficient (Wildman–Crippen LogP) is 3.56. The first-order valence-electron chi connectivity index (χ1n) is 8.41. The van der Waals surface area contributed by atoms with Gasteiger partial charge in [-0.1, -0.05) is 24.3 Å². The Morgan fingerprint density at radius 2 is 1.68 bits per heavy atom. The molecule has 0 heterocycles. The maximum Gasteiger partial charge on any atom is 0.230 e. The van der Waals surface area contributed by atoms with Gasteiger partial charge in [0.1, 0.15) is 5.75 Å². The molecule has 0 saturated heterocycles. The van der Waals surface area contributed by atoms with Gasteiger partial charge in [0.2, 0.25) is 5.91 Å². The van der Waals surface area contributed by atoms with Crippen LogP contribution in [0.2, 0.25) is 0 Å². The van der Waals surface area contributed by atoms with Gasteiger partial charge in [0, 0.05) is 18.0 Å². The van der Waals surface area contributed by atoms with Crippen molar-refractivity contribution < 1.29 is 9.53 Å². The zero-order valence-electron chi connectivity index (χ0n) is 15.1. The van der Waals surface area contributed by atoms with Crippen LogP contribution in [0.25, 0.3) is 0 Å². The lowest BCUT2D eigenvalue weighted by molar-refractivity contribution is -0.118. The number of ether oxygens (including phenoxy) is 1. The van der Waals surface area contributed by atoms with Crippen molar-refractivity contribution in [3.63, 3.8) is 0 Å². The minimum atomic E-state index is 0.0382. The van der Waals surface area contributed by atoms with E-state index in [4.69, 9.17) is 4.74 Å². The lowest BCUT2D eigenvalue weighted by atomic mass is 10.1. The first kappa shape index (κ1) is 19.3. The Bertz CT molecular complexity index is 654. The van der Waals surface area contributed by atoms with Crippen LogP contribution in [0.1, 0.15) is 18.1 Å². The molecule has 0 bridgehead atoms. The number of amides is 1. The Balaban J connectivity index is 1.73.